The van der Waals surface area contributed by atoms with Crippen LogP contribution in [0.4, 0.5) is 13.6 Å². The summed E-state index contributed by atoms with van der Waals surface area (Å²) in [5.41, 5.74) is 0.232. The molecule has 0 atom stereocenters. The third-order valence-electron chi connectivity index (χ3n) is 2.04. The molecule has 1 aromatic rings. The third-order valence-corrected chi connectivity index (χ3v) is 2.54. The van der Waals surface area contributed by atoms with Crippen molar-refractivity contribution in [2.45, 2.75) is 12.8 Å². The van der Waals surface area contributed by atoms with Crippen molar-refractivity contribution in [1.29, 1.82) is 0 Å². The highest BCUT2D eigenvalue weighted by atomic mass is 79.9. The summed E-state index contributed by atoms with van der Waals surface area (Å²) < 4.78 is 27.8. The summed E-state index contributed by atoms with van der Waals surface area (Å²) in [5, 5.41) is 9.97. The number of aryl methyl sites for hydroxylation is 1. The van der Waals surface area contributed by atoms with Gasteiger partial charge in [-0.15, -0.1) is 0 Å². The number of alkyl halides is 2. The monoisotopic (exact) mass is 293 g/mol. The third kappa shape index (κ3) is 3.16. The van der Waals surface area contributed by atoms with Crippen LogP contribution in [0, 0.1) is 6.92 Å². The molecule has 16 heavy (non-hydrogen) atoms. The molecule has 0 aliphatic heterocycles. The second-order valence-electron chi connectivity index (χ2n) is 3.32. The van der Waals surface area contributed by atoms with Crippen molar-refractivity contribution in [3.05, 3.63) is 33.8 Å². The van der Waals surface area contributed by atoms with E-state index in [1.807, 2.05) is 0 Å². The van der Waals surface area contributed by atoms with Crippen LogP contribution in [0.1, 0.15) is 11.1 Å². The van der Waals surface area contributed by atoms with Crippen LogP contribution in [0.15, 0.2) is 22.7 Å². The Bertz CT molecular complexity index is 410. The van der Waals surface area contributed by atoms with Crippen molar-refractivity contribution in [3.63, 3.8) is 0 Å². The van der Waals surface area contributed by atoms with E-state index in [0.29, 0.717) is 10.0 Å². The molecule has 1 rings (SSSR count). The topological polar surface area (TPSA) is 49.3 Å². The van der Waals surface area contributed by atoms with Crippen LogP contribution in [-0.4, -0.2) is 17.7 Å². The summed E-state index contributed by atoms with van der Waals surface area (Å²) in [6.07, 6.45) is -1.46. The second-order valence-corrected chi connectivity index (χ2v) is 4.24. The van der Waals surface area contributed by atoms with Crippen molar-refractivity contribution in [3.8, 4) is 0 Å². The van der Waals surface area contributed by atoms with Gasteiger partial charge in [0.1, 0.15) is 0 Å². The number of amides is 1. The second kappa shape index (κ2) is 4.78. The predicted octanol–water partition coefficient (Wildman–Crippen LogP) is 3.12. The Labute approximate surface area is 99.6 Å². The van der Waals surface area contributed by atoms with E-state index in [0.717, 1.165) is 0 Å². The Balaban J connectivity index is 2.92. The fourth-order valence-corrected chi connectivity index (χ4v) is 1.79. The number of halogens is 3. The van der Waals surface area contributed by atoms with Gasteiger partial charge in [0.05, 0.1) is 6.54 Å². The van der Waals surface area contributed by atoms with Crippen LogP contribution < -0.4 is 5.32 Å². The lowest BCUT2D eigenvalue weighted by molar-refractivity contribution is -0.00280. The van der Waals surface area contributed by atoms with E-state index in [2.05, 4.69) is 15.9 Å². The number of hydrogen-bond donors (Lipinski definition) is 2. The molecule has 0 aromatic heterocycles. The normalized spacial score (nSPS) is 11.2. The van der Waals surface area contributed by atoms with Crippen LogP contribution in [0.2, 0.25) is 0 Å². The summed E-state index contributed by atoms with van der Waals surface area (Å²) in [4.78, 5) is 10.2. The minimum Gasteiger partial charge on any atom is -0.465 e. The molecule has 0 heterocycles. The highest BCUT2D eigenvalue weighted by Gasteiger charge is 2.33. The van der Waals surface area contributed by atoms with Crippen molar-refractivity contribution in [2.75, 3.05) is 6.54 Å². The fraction of sp³-hybridized carbons (Fsp3) is 0.300. The standard InChI is InChI=1S/C10H10BrF2NO2/c1-6-4-7(11)2-3-8(6)10(12,13)5-14-9(15)16/h2-4,14H,5H2,1H3,(H,15,16). The Morgan fingerprint density at radius 2 is 2.19 bits per heavy atom. The largest absolute Gasteiger partial charge is 0.465 e. The number of nitrogens with one attached hydrogen (secondary N) is 1. The van der Waals surface area contributed by atoms with Crippen molar-refractivity contribution < 1.29 is 18.7 Å². The van der Waals surface area contributed by atoms with Gasteiger partial charge in [0, 0.05) is 10.0 Å². The van der Waals surface area contributed by atoms with Crippen molar-refractivity contribution in [2.24, 2.45) is 0 Å². The molecular weight excluding hydrogens is 284 g/mol. The lowest BCUT2D eigenvalue weighted by Gasteiger charge is -2.18. The Morgan fingerprint density at radius 1 is 1.56 bits per heavy atom. The first kappa shape index (κ1) is 12.9. The van der Waals surface area contributed by atoms with Gasteiger partial charge in [-0.2, -0.15) is 8.78 Å². The van der Waals surface area contributed by atoms with E-state index in [1.165, 1.54) is 12.1 Å². The molecule has 88 valence electrons. The molecule has 2 N–H and O–H groups in total. The number of benzene rings is 1. The Kier molecular flexibility index (Phi) is 3.85. The molecule has 6 heteroatoms. The average molecular weight is 294 g/mol. The first-order valence-corrected chi connectivity index (χ1v) is 5.23. The molecule has 0 saturated heterocycles. The number of carboxylic acid groups (broad SMARTS) is 1. The summed E-state index contributed by atoms with van der Waals surface area (Å²) in [7, 11) is 0. The van der Waals surface area contributed by atoms with Crippen LogP contribution >= 0.6 is 15.9 Å². The zero-order valence-corrected chi connectivity index (χ0v) is 10.0. The SMILES string of the molecule is Cc1cc(Br)ccc1C(F)(F)CNC(=O)O. The Hall–Kier alpha value is -1.17. The molecule has 1 amide bonds. The maximum Gasteiger partial charge on any atom is 0.404 e. The molecule has 3 nitrogen and oxygen atoms in total. The molecule has 0 saturated carbocycles. The molecule has 0 bridgehead atoms. The average Bonchev–Trinajstić information content (AvgIpc) is 2.14. The van der Waals surface area contributed by atoms with Gasteiger partial charge in [-0.25, -0.2) is 4.79 Å². The molecule has 0 fully saturated rings. The Morgan fingerprint density at radius 3 is 2.69 bits per heavy atom. The van der Waals surface area contributed by atoms with Crippen LogP contribution in [0.3, 0.4) is 0 Å². The van der Waals surface area contributed by atoms with Gasteiger partial charge in [0.2, 0.25) is 0 Å². The van der Waals surface area contributed by atoms with E-state index in [4.69, 9.17) is 5.11 Å². The lowest BCUT2D eigenvalue weighted by Crippen LogP contribution is -2.34. The summed E-state index contributed by atoms with van der Waals surface area (Å²) in [6, 6.07) is 4.34. The van der Waals surface area contributed by atoms with Crippen LogP contribution in [-0.2, 0) is 5.92 Å². The highest BCUT2D eigenvalue weighted by Crippen LogP contribution is 2.31. The number of rotatable bonds is 3. The summed E-state index contributed by atoms with van der Waals surface area (Å²) in [5.74, 6) is -3.21. The maximum atomic E-state index is 13.6. The van der Waals surface area contributed by atoms with E-state index in [1.54, 1.807) is 18.3 Å². The predicted molar refractivity (Wildman–Crippen MR) is 58.8 cm³/mol. The van der Waals surface area contributed by atoms with Crippen molar-refractivity contribution in [1.82, 2.24) is 5.32 Å². The molecule has 0 unspecified atom stereocenters. The fourth-order valence-electron chi connectivity index (χ4n) is 1.32. The summed E-state index contributed by atoms with van der Waals surface area (Å²) in [6.45, 7) is 0.625. The van der Waals surface area contributed by atoms with E-state index >= 15 is 0 Å². The van der Waals surface area contributed by atoms with Gasteiger partial charge in [-0.05, 0) is 24.6 Å². The molecule has 0 spiro atoms. The summed E-state index contributed by atoms with van der Waals surface area (Å²) >= 11 is 3.17. The number of hydrogen-bond acceptors (Lipinski definition) is 1. The zero-order valence-electron chi connectivity index (χ0n) is 8.43. The van der Waals surface area contributed by atoms with E-state index < -0.39 is 18.6 Å². The van der Waals surface area contributed by atoms with Gasteiger partial charge >= 0.3 is 6.09 Å². The van der Waals surface area contributed by atoms with E-state index in [9.17, 15) is 13.6 Å². The van der Waals surface area contributed by atoms with Gasteiger partial charge in [-0.3, -0.25) is 0 Å². The van der Waals surface area contributed by atoms with Gasteiger partial charge in [-0.1, -0.05) is 22.0 Å². The smallest absolute Gasteiger partial charge is 0.404 e. The molecular formula is C10H10BrF2NO2. The molecule has 0 radical (unpaired) electrons. The van der Waals surface area contributed by atoms with E-state index in [-0.39, 0.29) is 5.56 Å². The highest BCUT2D eigenvalue weighted by molar-refractivity contribution is 9.10. The molecule has 1 aromatic carbocycles. The van der Waals surface area contributed by atoms with Gasteiger partial charge in [0.25, 0.3) is 5.92 Å². The lowest BCUT2D eigenvalue weighted by atomic mass is 10.0. The quantitative estimate of drug-likeness (QED) is 0.900. The van der Waals surface area contributed by atoms with Crippen LogP contribution in [0.25, 0.3) is 0 Å². The van der Waals surface area contributed by atoms with Crippen molar-refractivity contribution >= 4 is 22.0 Å². The van der Waals surface area contributed by atoms with Crippen LogP contribution in [0.5, 0.6) is 0 Å². The zero-order chi connectivity index (χ0) is 12.3. The molecule has 0 aliphatic carbocycles. The maximum absolute atomic E-state index is 13.6. The first-order valence-electron chi connectivity index (χ1n) is 4.44. The minimum atomic E-state index is -3.21. The number of carbonyl (C=O) groups is 1. The minimum absolute atomic E-state index is 0.176. The van der Waals surface area contributed by atoms with Gasteiger partial charge in [0.15, 0.2) is 0 Å². The van der Waals surface area contributed by atoms with Gasteiger partial charge < -0.3 is 10.4 Å². The molecule has 0 aliphatic rings. The first-order chi connectivity index (χ1) is 7.33.